The zero-order chi connectivity index (χ0) is 12.6. The van der Waals surface area contributed by atoms with Crippen LogP contribution in [0.15, 0.2) is 12.4 Å². The number of carbonyl (C=O) groups is 2. The Morgan fingerprint density at radius 1 is 1.35 bits per heavy atom. The number of nitrogens with two attached hydrogens (primary N) is 1. The summed E-state index contributed by atoms with van der Waals surface area (Å²) in [5.74, 6) is 0.0343. The highest BCUT2D eigenvalue weighted by atomic mass is 16.2. The second-order valence-electron chi connectivity index (χ2n) is 4.32. The minimum Gasteiger partial charge on any atom is -0.382 e. The van der Waals surface area contributed by atoms with Gasteiger partial charge in [0, 0.05) is 0 Å². The Morgan fingerprint density at radius 3 is 2.65 bits per heavy atom. The third-order valence-electron chi connectivity index (χ3n) is 2.72. The molecule has 90 valence electrons. The molecule has 0 bridgehead atoms. The molecule has 2 rings (SSSR count). The summed E-state index contributed by atoms with van der Waals surface area (Å²) >= 11 is 0. The summed E-state index contributed by atoms with van der Waals surface area (Å²) in [6.45, 7) is 3.50. The Morgan fingerprint density at radius 2 is 2.06 bits per heavy atom. The first-order chi connectivity index (χ1) is 7.91. The number of rotatable bonds is 1. The molecule has 7 heteroatoms. The fourth-order valence-corrected chi connectivity index (χ4v) is 1.62. The number of hydrogen-bond acceptors (Lipinski definition) is 6. The van der Waals surface area contributed by atoms with Crippen LogP contribution in [0, 0.1) is 0 Å². The van der Waals surface area contributed by atoms with E-state index in [9.17, 15) is 9.59 Å². The maximum Gasteiger partial charge on any atom is 0.251 e. The van der Waals surface area contributed by atoms with Gasteiger partial charge in [0.2, 0.25) is 5.91 Å². The molecule has 2 heterocycles. The summed E-state index contributed by atoms with van der Waals surface area (Å²) in [4.78, 5) is 32.7. The van der Waals surface area contributed by atoms with E-state index in [4.69, 9.17) is 5.73 Å². The van der Waals surface area contributed by atoms with Crippen LogP contribution in [-0.4, -0.2) is 33.9 Å². The zero-order valence-electron chi connectivity index (χ0n) is 9.60. The van der Waals surface area contributed by atoms with E-state index < -0.39 is 5.54 Å². The van der Waals surface area contributed by atoms with E-state index in [0.717, 1.165) is 0 Å². The number of imide groups is 1. The Labute approximate surface area is 98.0 Å². The van der Waals surface area contributed by atoms with E-state index in [0.29, 0.717) is 11.6 Å². The number of nitrogens with one attached hydrogen (secondary N) is 1. The zero-order valence-corrected chi connectivity index (χ0v) is 9.60. The van der Waals surface area contributed by atoms with Crippen molar-refractivity contribution in [2.45, 2.75) is 19.4 Å². The standard InChI is InChI=1S/C10H13N5O2/c1-10(2)9(17)14-8(16)5-15(10)7-4-12-6(11)3-13-7/h3-4H,5H2,1-2H3,(H2,11,12)(H,14,16,17). The van der Waals surface area contributed by atoms with Crippen LogP contribution < -0.4 is 16.0 Å². The fraction of sp³-hybridized carbons (Fsp3) is 0.400. The monoisotopic (exact) mass is 235 g/mol. The van der Waals surface area contributed by atoms with Crippen molar-refractivity contribution in [3.05, 3.63) is 12.4 Å². The van der Waals surface area contributed by atoms with Crippen molar-refractivity contribution in [2.75, 3.05) is 17.2 Å². The quantitative estimate of drug-likeness (QED) is 0.624. The van der Waals surface area contributed by atoms with Crippen molar-refractivity contribution in [1.82, 2.24) is 15.3 Å². The molecule has 0 aliphatic carbocycles. The second kappa shape index (κ2) is 3.69. The van der Waals surface area contributed by atoms with Crippen molar-refractivity contribution in [3.8, 4) is 0 Å². The molecule has 1 aliphatic heterocycles. The molecule has 7 nitrogen and oxygen atoms in total. The Bertz CT molecular complexity index is 468. The number of nitrogens with zero attached hydrogens (tertiary/aromatic N) is 3. The topological polar surface area (TPSA) is 101 Å². The first-order valence-corrected chi connectivity index (χ1v) is 5.10. The number of amides is 2. The second-order valence-corrected chi connectivity index (χ2v) is 4.32. The van der Waals surface area contributed by atoms with Gasteiger partial charge in [-0.3, -0.25) is 14.9 Å². The van der Waals surface area contributed by atoms with Crippen molar-refractivity contribution in [2.24, 2.45) is 0 Å². The van der Waals surface area contributed by atoms with Gasteiger partial charge in [0.25, 0.3) is 5.91 Å². The van der Waals surface area contributed by atoms with Crippen LogP contribution in [0.4, 0.5) is 11.6 Å². The number of aromatic nitrogens is 2. The summed E-state index contributed by atoms with van der Waals surface area (Å²) in [5, 5.41) is 2.29. The molecular formula is C10H13N5O2. The van der Waals surface area contributed by atoms with Crippen molar-refractivity contribution >= 4 is 23.5 Å². The van der Waals surface area contributed by atoms with Gasteiger partial charge >= 0.3 is 0 Å². The van der Waals surface area contributed by atoms with Gasteiger partial charge in [-0.25, -0.2) is 9.97 Å². The van der Waals surface area contributed by atoms with Crippen LogP contribution in [0.2, 0.25) is 0 Å². The van der Waals surface area contributed by atoms with Crippen LogP contribution in [0.1, 0.15) is 13.8 Å². The van der Waals surface area contributed by atoms with Crippen molar-refractivity contribution in [1.29, 1.82) is 0 Å². The highest BCUT2D eigenvalue weighted by molar-refractivity contribution is 6.06. The summed E-state index contributed by atoms with van der Waals surface area (Å²) in [6, 6.07) is 0. The van der Waals surface area contributed by atoms with Gasteiger partial charge in [0.05, 0.1) is 18.9 Å². The molecule has 0 atom stereocenters. The molecular weight excluding hydrogens is 222 g/mol. The van der Waals surface area contributed by atoms with E-state index in [1.54, 1.807) is 18.7 Å². The normalized spacial score (nSPS) is 19.1. The largest absolute Gasteiger partial charge is 0.382 e. The van der Waals surface area contributed by atoms with E-state index in [2.05, 4.69) is 15.3 Å². The average molecular weight is 235 g/mol. The molecule has 3 N–H and O–H groups in total. The molecule has 1 aromatic rings. The molecule has 1 saturated heterocycles. The highest BCUT2D eigenvalue weighted by Gasteiger charge is 2.41. The maximum absolute atomic E-state index is 11.7. The van der Waals surface area contributed by atoms with E-state index in [1.165, 1.54) is 12.4 Å². The third-order valence-corrected chi connectivity index (χ3v) is 2.72. The molecule has 0 unspecified atom stereocenters. The van der Waals surface area contributed by atoms with E-state index in [-0.39, 0.29) is 18.4 Å². The fourth-order valence-electron chi connectivity index (χ4n) is 1.62. The van der Waals surface area contributed by atoms with Crippen molar-refractivity contribution < 1.29 is 9.59 Å². The van der Waals surface area contributed by atoms with Crippen LogP contribution in [0.3, 0.4) is 0 Å². The Hall–Kier alpha value is -2.18. The lowest BCUT2D eigenvalue weighted by molar-refractivity contribution is -0.135. The summed E-state index contributed by atoms with van der Waals surface area (Å²) in [5.41, 5.74) is 4.59. The predicted octanol–water partition coefficient (Wildman–Crippen LogP) is -0.700. The van der Waals surface area contributed by atoms with Gasteiger partial charge in [-0.1, -0.05) is 0 Å². The number of carbonyl (C=O) groups excluding carboxylic acids is 2. The molecule has 0 aromatic carbocycles. The molecule has 0 saturated carbocycles. The van der Waals surface area contributed by atoms with Crippen LogP contribution >= 0.6 is 0 Å². The van der Waals surface area contributed by atoms with Gasteiger partial charge in [0.1, 0.15) is 17.2 Å². The number of anilines is 2. The average Bonchev–Trinajstić information content (AvgIpc) is 2.25. The van der Waals surface area contributed by atoms with Crippen LogP contribution in [-0.2, 0) is 9.59 Å². The summed E-state index contributed by atoms with van der Waals surface area (Å²) < 4.78 is 0. The molecule has 1 aliphatic rings. The van der Waals surface area contributed by atoms with E-state index >= 15 is 0 Å². The number of hydrogen-bond donors (Lipinski definition) is 2. The third kappa shape index (κ3) is 1.91. The lowest BCUT2D eigenvalue weighted by Gasteiger charge is -2.40. The molecule has 1 aromatic heterocycles. The lowest BCUT2D eigenvalue weighted by Crippen LogP contribution is -2.64. The first-order valence-electron chi connectivity index (χ1n) is 5.10. The van der Waals surface area contributed by atoms with Gasteiger partial charge in [-0.15, -0.1) is 0 Å². The minimum absolute atomic E-state index is 0.0668. The van der Waals surface area contributed by atoms with Gasteiger partial charge in [0.15, 0.2) is 0 Å². The summed E-state index contributed by atoms with van der Waals surface area (Å²) in [6.07, 6.45) is 2.84. The molecule has 0 spiro atoms. The molecule has 0 radical (unpaired) electrons. The Kier molecular flexibility index (Phi) is 2.45. The first kappa shape index (κ1) is 11.3. The SMILES string of the molecule is CC1(C)C(=O)NC(=O)CN1c1cnc(N)cn1. The number of nitrogen functional groups attached to an aromatic ring is 1. The molecule has 17 heavy (non-hydrogen) atoms. The predicted molar refractivity (Wildman–Crippen MR) is 61.0 cm³/mol. The van der Waals surface area contributed by atoms with Crippen molar-refractivity contribution in [3.63, 3.8) is 0 Å². The highest BCUT2D eigenvalue weighted by Crippen LogP contribution is 2.24. The van der Waals surface area contributed by atoms with Crippen LogP contribution in [0.5, 0.6) is 0 Å². The molecule has 2 amide bonds. The van der Waals surface area contributed by atoms with Gasteiger partial charge < -0.3 is 10.6 Å². The van der Waals surface area contributed by atoms with Gasteiger partial charge in [-0.05, 0) is 13.8 Å². The maximum atomic E-state index is 11.7. The smallest absolute Gasteiger partial charge is 0.251 e. The lowest BCUT2D eigenvalue weighted by atomic mass is 9.99. The van der Waals surface area contributed by atoms with E-state index in [1.807, 2.05) is 0 Å². The molecule has 1 fully saturated rings. The van der Waals surface area contributed by atoms with Gasteiger partial charge in [-0.2, -0.15) is 0 Å². The summed E-state index contributed by atoms with van der Waals surface area (Å²) in [7, 11) is 0. The number of piperazine rings is 1. The Balaban J connectivity index is 2.38. The van der Waals surface area contributed by atoms with Crippen LogP contribution in [0.25, 0.3) is 0 Å². The minimum atomic E-state index is -0.849.